The number of carbonyl (C=O) groups is 3. The van der Waals surface area contributed by atoms with E-state index in [0.717, 1.165) is 36.1 Å². The number of hydrogen-bond donors (Lipinski definition) is 3. The average molecular weight is 340 g/mol. The fraction of sp³-hybridized carbons (Fsp3) is 0.533. The summed E-state index contributed by atoms with van der Waals surface area (Å²) in [5.41, 5.74) is 1.26. The minimum atomic E-state index is -0.866. The molecule has 1 heterocycles. The van der Waals surface area contributed by atoms with Crippen molar-refractivity contribution in [1.82, 2.24) is 5.32 Å². The Balaban J connectivity index is 2.19. The van der Waals surface area contributed by atoms with Crippen molar-refractivity contribution in [1.29, 1.82) is 0 Å². The molecular weight excluding hydrogens is 320 g/mol. The molecule has 0 spiro atoms. The van der Waals surface area contributed by atoms with Crippen molar-refractivity contribution in [2.75, 3.05) is 19.0 Å². The number of hydrogen-bond acceptors (Lipinski definition) is 6. The number of aliphatic hydroxyl groups excluding tert-OH is 1. The third kappa shape index (κ3) is 4.08. The molecule has 0 saturated carbocycles. The predicted octanol–water partition coefficient (Wildman–Crippen LogP) is 0.849. The summed E-state index contributed by atoms with van der Waals surface area (Å²) < 4.78 is 4.81. The topological polar surface area (TPSA) is 105 Å². The summed E-state index contributed by atoms with van der Waals surface area (Å²) >= 11 is 1.31. The number of aryl methyl sites for hydroxylation is 1. The molecule has 1 aliphatic carbocycles. The quantitative estimate of drug-likeness (QED) is 0.557. The molecule has 0 bridgehead atoms. The normalized spacial score (nSPS) is 14.6. The standard InChI is InChI=1S/C15H20N2O5S/c1-8(18)7-16-12(19)13(20)17-14-11(15(21)22-2)9-5-3-4-6-10(9)23-14/h8,18H,3-7H2,1-2H3,(H,16,19)(H,17,20). The number of amides is 2. The summed E-state index contributed by atoms with van der Waals surface area (Å²) in [6.07, 6.45) is 2.90. The van der Waals surface area contributed by atoms with Crippen LogP contribution in [0.5, 0.6) is 0 Å². The fourth-order valence-corrected chi connectivity index (χ4v) is 3.72. The van der Waals surface area contributed by atoms with Gasteiger partial charge in [0.05, 0.1) is 18.8 Å². The second kappa shape index (κ2) is 7.56. The predicted molar refractivity (Wildman–Crippen MR) is 85.6 cm³/mol. The number of rotatable bonds is 4. The van der Waals surface area contributed by atoms with Gasteiger partial charge in [0.1, 0.15) is 5.00 Å². The van der Waals surface area contributed by atoms with Gasteiger partial charge in [0.15, 0.2) is 0 Å². The smallest absolute Gasteiger partial charge is 0.341 e. The Morgan fingerprint density at radius 2 is 1.96 bits per heavy atom. The first kappa shape index (κ1) is 17.4. The molecule has 0 aromatic carbocycles. The summed E-state index contributed by atoms with van der Waals surface area (Å²) in [4.78, 5) is 36.7. The maximum absolute atomic E-state index is 12.0. The molecule has 8 heteroatoms. The lowest BCUT2D eigenvalue weighted by Gasteiger charge is -2.11. The zero-order valence-electron chi connectivity index (χ0n) is 13.1. The van der Waals surface area contributed by atoms with Crippen LogP contribution in [0, 0.1) is 0 Å². The number of anilines is 1. The second-order valence-electron chi connectivity index (χ2n) is 5.42. The van der Waals surface area contributed by atoms with Gasteiger partial charge in [0.25, 0.3) is 0 Å². The molecular formula is C15H20N2O5S. The largest absolute Gasteiger partial charge is 0.465 e. The third-order valence-corrected chi connectivity index (χ3v) is 4.76. The monoisotopic (exact) mass is 340 g/mol. The summed E-state index contributed by atoms with van der Waals surface area (Å²) in [5, 5.41) is 14.3. The lowest BCUT2D eigenvalue weighted by molar-refractivity contribution is -0.136. The first-order valence-corrected chi connectivity index (χ1v) is 8.25. The molecule has 2 rings (SSSR count). The number of nitrogens with one attached hydrogen (secondary N) is 2. The minimum absolute atomic E-state index is 0.0168. The van der Waals surface area contributed by atoms with Crippen LogP contribution in [0.15, 0.2) is 0 Å². The van der Waals surface area contributed by atoms with Crippen LogP contribution in [0.2, 0.25) is 0 Å². The summed E-state index contributed by atoms with van der Waals surface area (Å²) in [7, 11) is 1.29. The molecule has 1 aliphatic rings. The fourth-order valence-electron chi connectivity index (χ4n) is 2.45. The van der Waals surface area contributed by atoms with E-state index in [1.807, 2.05) is 0 Å². The van der Waals surface area contributed by atoms with Crippen molar-refractivity contribution < 1.29 is 24.2 Å². The van der Waals surface area contributed by atoms with Crippen LogP contribution in [0.1, 0.15) is 40.6 Å². The number of esters is 1. The highest BCUT2D eigenvalue weighted by Gasteiger charge is 2.28. The number of aliphatic hydroxyl groups is 1. The molecule has 1 unspecified atom stereocenters. The van der Waals surface area contributed by atoms with Gasteiger partial charge in [-0.2, -0.15) is 0 Å². The van der Waals surface area contributed by atoms with Crippen LogP contribution in [-0.4, -0.2) is 42.6 Å². The molecule has 0 fully saturated rings. The lowest BCUT2D eigenvalue weighted by Crippen LogP contribution is -2.38. The molecule has 0 saturated heterocycles. The van der Waals surface area contributed by atoms with Crippen LogP contribution >= 0.6 is 11.3 Å². The maximum atomic E-state index is 12.0. The van der Waals surface area contributed by atoms with E-state index < -0.39 is 23.9 Å². The van der Waals surface area contributed by atoms with E-state index in [1.165, 1.54) is 25.4 Å². The molecule has 1 aromatic rings. The molecule has 0 radical (unpaired) electrons. The van der Waals surface area contributed by atoms with E-state index in [2.05, 4.69) is 10.6 Å². The first-order valence-electron chi connectivity index (χ1n) is 7.44. The Kier molecular flexibility index (Phi) is 5.73. The zero-order chi connectivity index (χ0) is 17.0. The summed E-state index contributed by atoms with van der Waals surface area (Å²) in [6.45, 7) is 1.48. The molecule has 3 N–H and O–H groups in total. The molecule has 0 aliphatic heterocycles. The Labute approximate surface area is 138 Å². The van der Waals surface area contributed by atoms with Crippen LogP contribution in [-0.2, 0) is 27.2 Å². The van der Waals surface area contributed by atoms with E-state index >= 15 is 0 Å². The maximum Gasteiger partial charge on any atom is 0.341 e. The van der Waals surface area contributed by atoms with E-state index in [4.69, 9.17) is 9.84 Å². The van der Waals surface area contributed by atoms with Crippen molar-refractivity contribution >= 4 is 34.1 Å². The van der Waals surface area contributed by atoms with Crippen molar-refractivity contribution in [2.45, 2.75) is 38.7 Å². The van der Waals surface area contributed by atoms with Gasteiger partial charge in [-0.3, -0.25) is 9.59 Å². The van der Waals surface area contributed by atoms with Crippen LogP contribution in [0.4, 0.5) is 5.00 Å². The highest BCUT2D eigenvalue weighted by molar-refractivity contribution is 7.17. The Bertz CT molecular complexity index is 624. The first-order chi connectivity index (χ1) is 10.9. The zero-order valence-corrected chi connectivity index (χ0v) is 13.9. The molecule has 7 nitrogen and oxygen atoms in total. The van der Waals surface area contributed by atoms with Gasteiger partial charge >= 0.3 is 17.8 Å². The number of carbonyl (C=O) groups excluding carboxylic acids is 3. The molecule has 1 atom stereocenters. The van der Waals surface area contributed by atoms with Crippen molar-refractivity contribution in [3.05, 3.63) is 16.0 Å². The Morgan fingerprint density at radius 3 is 2.61 bits per heavy atom. The van der Waals surface area contributed by atoms with Crippen molar-refractivity contribution in [2.24, 2.45) is 0 Å². The molecule has 1 aromatic heterocycles. The van der Waals surface area contributed by atoms with Gasteiger partial charge in [-0.1, -0.05) is 0 Å². The molecule has 2 amide bonds. The lowest BCUT2D eigenvalue weighted by atomic mass is 9.95. The van der Waals surface area contributed by atoms with Crippen molar-refractivity contribution in [3.63, 3.8) is 0 Å². The summed E-state index contributed by atoms with van der Waals surface area (Å²) in [6, 6.07) is 0. The van der Waals surface area contributed by atoms with Crippen LogP contribution in [0.25, 0.3) is 0 Å². The van der Waals surface area contributed by atoms with Gasteiger partial charge in [0, 0.05) is 11.4 Å². The van der Waals surface area contributed by atoms with E-state index in [0.29, 0.717) is 10.6 Å². The average Bonchev–Trinajstić information content (AvgIpc) is 2.89. The van der Waals surface area contributed by atoms with Crippen molar-refractivity contribution in [3.8, 4) is 0 Å². The Hall–Kier alpha value is -1.93. The number of fused-ring (bicyclic) bond motifs is 1. The minimum Gasteiger partial charge on any atom is -0.465 e. The highest BCUT2D eigenvalue weighted by Crippen LogP contribution is 2.38. The Morgan fingerprint density at radius 1 is 1.26 bits per heavy atom. The third-order valence-electron chi connectivity index (χ3n) is 3.55. The summed E-state index contributed by atoms with van der Waals surface area (Å²) in [5.74, 6) is -2.23. The number of methoxy groups -OCH3 is 1. The van der Waals surface area contributed by atoms with Crippen LogP contribution < -0.4 is 10.6 Å². The number of ether oxygens (including phenoxy) is 1. The van der Waals surface area contributed by atoms with Crippen LogP contribution in [0.3, 0.4) is 0 Å². The van der Waals surface area contributed by atoms with Gasteiger partial charge in [-0.05, 0) is 38.2 Å². The molecule has 126 valence electrons. The number of thiophene rings is 1. The van der Waals surface area contributed by atoms with Gasteiger partial charge in [-0.15, -0.1) is 11.3 Å². The van der Waals surface area contributed by atoms with E-state index in [9.17, 15) is 14.4 Å². The van der Waals surface area contributed by atoms with E-state index in [-0.39, 0.29) is 6.54 Å². The molecule has 23 heavy (non-hydrogen) atoms. The highest BCUT2D eigenvalue weighted by atomic mass is 32.1. The second-order valence-corrected chi connectivity index (χ2v) is 6.52. The SMILES string of the molecule is COC(=O)c1c(NC(=O)C(=O)NCC(C)O)sc2c1CCCC2. The van der Waals surface area contributed by atoms with Gasteiger partial charge in [-0.25, -0.2) is 4.79 Å². The van der Waals surface area contributed by atoms with Gasteiger partial charge < -0.3 is 20.5 Å². The van der Waals surface area contributed by atoms with Gasteiger partial charge in [0.2, 0.25) is 0 Å². The van der Waals surface area contributed by atoms with E-state index in [1.54, 1.807) is 0 Å².